The SMILES string of the molecule is CC(C)(CC(N)=O)Nc1ncc(C(=O)O)cc1[N+](=O)[O-]. The molecular formula is C11H14N4O5. The summed E-state index contributed by atoms with van der Waals surface area (Å²) in [6, 6.07) is 0.901. The van der Waals surface area contributed by atoms with Gasteiger partial charge in [-0.2, -0.15) is 0 Å². The molecule has 0 unspecified atom stereocenters. The van der Waals surface area contributed by atoms with Gasteiger partial charge in [-0.1, -0.05) is 0 Å². The number of carbonyl (C=O) groups excluding carboxylic acids is 1. The summed E-state index contributed by atoms with van der Waals surface area (Å²) < 4.78 is 0. The molecule has 9 heteroatoms. The van der Waals surface area contributed by atoms with Gasteiger partial charge < -0.3 is 16.2 Å². The van der Waals surface area contributed by atoms with Crippen LogP contribution in [0.25, 0.3) is 0 Å². The van der Waals surface area contributed by atoms with Gasteiger partial charge in [0.1, 0.15) is 0 Å². The van der Waals surface area contributed by atoms with Gasteiger partial charge in [-0.3, -0.25) is 14.9 Å². The molecule has 0 aromatic carbocycles. The van der Waals surface area contributed by atoms with Crippen molar-refractivity contribution in [3.05, 3.63) is 27.9 Å². The van der Waals surface area contributed by atoms with Crippen LogP contribution in [-0.4, -0.2) is 32.4 Å². The van der Waals surface area contributed by atoms with Crippen molar-refractivity contribution in [3.63, 3.8) is 0 Å². The number of carbonyl (C=O) groups is 2. The highest BCUT2D eigenvalue weighted by Crippen LogP contribution is 2.26. The first kappa shape index (κ1) is 15.3. The molecule has 4 N–H and O–H groups in total. The second-order valence-corrected chi connectivity index (χ2v) is 4.81. The predicted octanol–water partition coefficient (Wildman–Crippen LogP) is 0.754. The zero-order chi connectivity index (χ0) is 15.5. The Hall–Kier alpha value is -2.71. The maximum Gasteiger partial charge on any atom is 0.337 e. The second kappa shape index (κ2) is 5.51. The number of carboxylic acids is 1. The van der Waals surface area contributed by atoms with Crippen molar-refractivity contribution in [1.29, 1.82) is 0 Å². The fourth-order valence-corrected chi connectivity index (χ4v) is 1.61. The number of aromatic carboxylic acids is 1. The molecule has 0 bridgehead atoms. The molecule has 0 aliphatic rings. The molecule has 0 aliphatic heterocycles. The summed E-state index contributed by atoms with van der Waals surface area (Å²) in [5, 5.41) is 22.5. The Morgan fingerprint density at radius 1 is 1.55 bits per heavy atom. The first-order valence-corrected chi connectivity index (χ1v) is 5.56. The maximum absolute atomic E-state index is 10.9. The number of aromatic nitrogens is 1. The summed E-state index contributed by atoms with van der Waals surface area (Å²) in [7, 11) is 0. The Morgan fingerprint density at radius 3 is 2.60 bits per heavy atom. The molecule has 0 atom stereocenters. The molecule has 1 amide bonds. The Labute approximate surface area is 114 Å². The zero-order valence-electron chi connectivity index (χ0n) is 10.9. The van der Waals surface area contributed by atoms with Crippen LogP contribution in [0.1, 0.15) is 30.6 Å². The number of nitrogens with zero attached hydrogens (tertiary/aromatic N) is 2. The van der Waals surface area contributed by atoms with Crippen molar-refractivity contribution in [1.82, 2.24) is 4.98 Å². The first-order valence-electron chi connectivity index (χ1n) is 5.56. The Bertz CT molecular complexity index is 570. The van der Waals surface area contributed by atoms with Gasteiger partial charge in [0.2, 0.25) is 11.7 Å². The second-order valence-electron chi connectivity index (χ2n) is 4.81. The van der Waals surface area contributed by atoms with E-state index in [0.717, 1.165) is 12.3 Å². The van der Waals surface area contributed by atoms with E-state index in [1.54, 1.807) is 13.8 Å². The molecular weight excluding hydrogens is 268 g/mol. The van der Waals surface area contributed by atoms with Gasteiger partial charge in [0.25, 0.3) is 0 Å². The number of pyridine rings is 1. The minimum absolute atomic E-state index is 0.0630. The van der Waals surface area contributed by atoms with E-state index in [0.29, 0.717) is 0 Å². The molecule has 108 valence electrons. The van der Waals surface area contributed by atoms with Crippen LogP contribution >= 0.6 is 0 Å². The van der Waals surface area contributed by atoms with Gasteiger partial charge in [0.15, 0.2) is 0 Å². The molecule has 0 spiro atoms. The number of hydrogen-bond acceptors (Lipinski definition) is 6. The average Bonchev–Trinajstić information content (AvgIpc) is 2.26. The van der Waals surface area contributed by atoms with Gasteiger partial charge >= 0.3 is 11.7 Å². The minimum atomic E-state index is -1.32. The minimum Gasteiger partial charge on any atom is -0.478 e. The fraction of sp³-hybridized carbons (Fsp3) is 0.364. The molecule has 9 nitrogen and oxygen atoms in total. The van der Waals surface area contributed by atoms with E-state index in [-0.39, 0.29) is 17.8 Å². The molecule has 0 aliphatic carbocycles. The number of primary amides is 1. The third-order valence-electron chi connectivity index (χ3n) is 2.38. The summed E-state index contributed by atoms with van der Waals surface area (Å²) in [5.41, 5.74) is 3.45. The lowest BCUT2D eigenvalue weighted by Crippen LogP contribution is -2.36. The lowest BCUT2D eigenvalue weighted by atomic mass is 10.0. The lowest BCUT2D eigenvalue weighted by Gasteiger charge is -2.25. The summed E-state index contributed by atoms with van der Waals surface area (Å²) in [5.74, 6) is -2.01. The van der Waals surface area contributed by atoms with Crippen LogP contribution in [0.2, 0.25) is 0 Å². The number of amides is 1. The van der Waals surface area contributed by atoms with E-state index in [1.807, 2.05) is 0 Å². The number of anilines is 1. The molecule has 1 aromatic rings. The van der Waals surface area contributed by atoms with Crippen LogP contribution in [0.15, 0.2) is 12.3 Å². The van der Waals surface area contributed by atoms with E-state index in [9.17, 15) is 19.7 Å². The van der Waals surface area contributed by atoms with Gasteiger partial charge in [0, 0.05) is 24.2 Å². The number of hydrogen-bond donors (Lipinski definition) is 3. The molecule has 0 radical (unpaired) electrons. The van der Waals surface area contributed by atoms with E-state index >= 15 is 0 Å². The first-order chi connectivity index (χ1) is 9.12. The van der Waals surface area contributed by atoms with Crippen molar-refractivity contribution in [2.45, 2.75) is 25.8 Å². The van der Waals surface area contributed by atoms with Crippen molar-refractivity contribution < 1.29 is 19.6 Å². The highest BCUT2D eigenvalue weighted by atomic mass is 16.6. The molecule has 0 fully saturated rings. The molecule has 1 aromatic heterocycles. The molecule has 0 saturated heterocycles. The number of carboxylic acid groups (broad SMARTS) is 1. The van der Waals surface area contributed by atoms with E-state index in [1.165, 1.54) is 0 Å². The van der Waals surface area contributed by atoms with Crippen molar-refractivity contribution in [2.24, 2.45) is 5.73 Å². The quantitative estimate of drug-likeness (QED) is 0.514. The van der Waals surface area contributed by atoms with Gasteiger partial charge in [-0.05, 0) is 13.8 Å². The third kappa shape index (κ3) is 3.90. The van der Waals surface area contributed by atoms with Crippen LogP contribution in [0, 0.1) is 10.1 Å². The zero-order valence-corrected chi connectivity index (χ0v) is 10.9. The number of nitrogens with two attached hydrogens (primary N) is 1. The van der Waals surface area contributed by atoms with Crippen LogP contribution in [-0.2, 0) is 4.79 Å². The predicted molar refractivity (Wildman–Crippen MR) is 69.4 cm³/mol. The van der Waals surface area contributed by atoms with Crippen molar-refractivity contribution in [3.8, 4) is 0 Å². The Kier molecular flexibility index (Phi) is 4.23. The summed E-state index contributed by atoms with van der Waals surface area (Å²) in [4.78, 5) is 35.6. The molecule has 1 rings (SSSR count). The highest BCUT2D eigenvalue weighted by Gasteiger charge is 2.26. The van der Waals surface area contributed by atoms with Gasteiger partial charge in [0.05, 0.1) is 10.5 Å². The number of nitro groups is 1. The van der Waals surface area contributed by atoms with Crippen LogP contribution in [0.4, 0.5) is 11.5 Å². The van der Waals surface area contributed by atoms with Crippen molar-refractivity contribution >= 4 is 23.4 Å². The van der Waals surface area contributed by atoms with Crippen LogP contribution < -0.4 is 11.1 Å². The smallest absolute Gasteiger partial charge is 0.337 e. The molecule has 20 heavy (non-hydrogen) atoms. The largest absolute Gasteiger partial charge is 0.478 e. The number of rotatable bonds is 6. The van der Waals surface area contributed by atoms with Crippen LogP contribution in [0.3, 0.4) is 0 Å². The van der Waals surface area contributed by atoms with E-state index in [2.05, 4.69) is 10.3 Å². The normalized spacial score (nSPS) is 10.9. The van der Waals surface area contributed by atoms with E-state index in [4.69, 9.17) is 10.8 Å². The summed E-state index contributed by atoms with van der Waals surface area (Å²) in [6.07, 6.45) is 0.935. The lowest BCUT2D eigenvalue weighted by molar-refractivity contribution is -0.384. The molecule has 0 saturated carbocycles. The third-order valence-corrected chi connectivity index (χ3v) is 2.38. The Balaban J connectivity index is 3.15. The highest BCUT2D eigenvalue weighted by molar-refractivity contribution is 5.88. The summed E-state index contributed by atoms with van der Waals surface area (Å²) in [6.45, 7) is 3.24. The number of nitrogens with one attached hydrogen (secondary N) is 1. The molecule has 1 heterocycles. The van der Waals surface area contributed by atoms with Gasteiger partial charge in [-0.15, -0.1) is 0 Å². The summed E-state index contributed by atoms with van der Waals surface area (Å²) >= 11 is 0. The Morgan fingerprint density at radius 2 is 2.15 bits per heavy atom. The van der Waals surface area contributed by atoms with E-state index < -0.39 is 28.0 Å². The van der Waals surface area contributed by atoms with Gasteiger partial charge in [-0.25, -0.2) is 9.78 Å². The fourth-order valence-electron chi connectivity index (χ4n) is 1.61. The average molecular weight is 282 g/mol. The van der Waals surface area contributed by atoms with Crippen molar-refractivity contribution in [2.75, 3.05) is 5.32 Å². The topological polar surface area (TPSA) is 148 Å². The van der Waals surface area contributed by atoms with Crippen LogP contribution in [0.5, 0.6) is 0 Å². The monoisotopic (exact) mass is 282 g/mol. The maximum atomic E-state index is 10.9. The standard InChI is InChI=1S/C11H14N4O5/c1-11(2,4-8(12)16)14-9-7(15(19)20)3-6(5-13-9)10(17)18/h3,5H,4H2,1-2H3,(H2,12,16)(H,13,14)(H,17,18).